The molecule has 1 saturated heterocycles. The first-order valence-electron chi connectivity index (χ1n) is 8.40. The number of ether oxygens (including phenoxy) is 1. The van der Waals surface area contributed by atoms with Crippen LogP contribution in [0, 0.1) is 0 Å². The first kappa shape index (κ1) is 16.8. The third-order valence-electron chi connectivity index (χ3n) is 4.75. The van der Waals surface area contributed by atoms with E-state index in [4.69, 9.17) is 21.4 Å². The number of fused-ring (bicyclic) bond motifs is 1. The Morgan fingerprint density at radius 3 is 2.77 bits per heavy atom. The van der Waals surface area contributed by atoms with E-state index in [0.717, 1.165) is 24.6 Å². The second kappa shape index (κ2) is 5.97. The van der Waals surface area contributed by atoms with E-state index < -0.39 is 11.6 Å². The predicted molar refractivity (Wildman–Crippen MR) is 91.5 cm³/mol. The topological polar surface area (TPSA) is 139 Å². The number of carboxylic acids is 1. The van der Waals surface area contributed by atoms with Gasteiger partial charge in [-0.05, 0) is 30.4 Å². The summed E-state index contributed by atoms with van der Waals surface area (Å²) in [4.78, 5) is 15.4. The molecule has 0 unspecified atom stereocenters. The minimum atomic E-state index is -1.24. The van der Waals surface area contributed by atoms with Crippen molar-refractivity contribution < 1.29 is 19.7 Å². The number of aliphatic carboxylic acids is 1. The molecule has 9 nitrogen and oxygen atoms in total. The number of hydrogen-bond donors (Lipinski definition) is 4. The molecule has 26 heavy (non-hydrogen) atoms. The number of nitrogens with two attached hydrogens (primary N) is 2. The van der Waals surface area contributed by atoms with Gasteiger partial charge in [-0.15, -0.1) is 0 Å². The average molecular weight is 359 g/mol. The zero-order chi connectivity index (χ0) is 18.5. The van der Waals surface area contributed by atoms with E-state index in [9.17, 15) is 9.90 Å². The average Bonchev–Trinajstić information content (AvgIpc) is 3.32. The van der Waals surface area contributed by atoms with E-state index in [1.807, 2.05) is 22.9 Å². The fourth-order valence-electron chi connectivity index (χ4n) is 3.15. The van der Waals surface area contributed by atoms with Crippen LogP contribution in [0.2, 0.25) is 0 Å². The lowest BCUT2D eigenvalue weighted by molar-refractivity contribution is -0.184. The molecule has 2 fully saturated rings. The molecule has 0 spiro atoms. The summed E-state index contributed by atoms with van der Waals surface area (Å²) in [6.45, 7) is 0.683. The molecule has 0 atom stereocenters. The van der Waals surface area contributed by atoms with Crippen molar-refractivity contribution in [2.45, 2.75) is 30.9 Å². The van der Waals surface area contributed by atoms with E-state index in [1.54, 1.807) is 0 Å². The summed E-state index contributed by atoms with van der Waals surface area (Å²) in [6, 6.07) is 2.02. The first-order valence-corrected chi connectivity index (χ1v) is 8.40. The number of rotatable bonds is 6. The molecule has 0 bridgehead atoms. The Bertz CT molecular complexity index is 898. The molecule has 1 saturated carbocycles. The smallest absolute Gasteiger partial charge is 0.353 e. The zero-order valence-electron chi connectivity index (χ0n) is 14.1. The van der Waals surface area contributed by atoms with E-state index in [0.29, 0.717) is 17.3 Å². The largest absolute Gasteiger partial charge is 0.477 e. The molecule has 9 heteroatoms. The number of carbonyl (C=O) groups is 1. The SMILES string of the molecule is N/C(=C\N(N)Cc1cn2cc(C3CC3)cc(C3(O)COC3)c2n1)C(=O)O. The Hall–Kier alpha value is -2.62. The van der Waals surface area contributed by atoms with Gasteiger partial charge in [-0.3, -0.25) is 0 Å². The Balaban J connectivity index is 1.69. The summed E-state index contributed by atoms with van der Waals surface area (Å²) in [5.74, 6) is 5.10. The fourth-order valence-corrected chi connectivity index (χ4v) is 3.15. The quantitative estimate of drug-likeness (QED) is 0.321. The lowest BCUT2D eigenvalue weighted by Crippen LogP contribution is -2.46. The Labute approximate surface area is 149 Å². The van der Waals surface area contributed by atoms with Gasteiger partial charge >= 0.3 is 5.97 Å². The van der Waals surface area contributed by atoms with Crippen LogP contribution in [-0.4, -0.2) is 43.8 Å². The molecular weight excluding hydrogens is 338 g/mol. The van der Waals surface area contributed by atoms with Crippen LogP contribution in [0.25, 0.3) is 5.65 Å². The highest BCUT2D eigenvalue weighted by Gasteiger charge is 2.41. The van der Waals surface area contributed by atoms with E-state index in [-0.39, 0.29) is 25.5 Å². The first-order chi connectivity index (χ1) is 12.4. The molecule has 0 radical (unpaired) electrons. The number of nitrogens with zero attached hydrogens (tertiary/aromatic N) is 3. The van der Waals surface area contributed by atoms with Crippen molar-refractivity contribution in [3.8, 4) is 0 Å². The number of hydrogen-bond acceptors (Lipinski definition) is 7. The zero-order valence-corrected chi connectivity index (χ0v) is 14.1. The molecule has 0 amide bonds. The highest BCUT2D eigenvalue weighted by Crippen LogP contribution is 2.42. The van der Waals surface area contributed by atoms with Crippen LogP contribution in [0.5, 0.6) is 0 Å². The number of hydrazine groups is 1. The molecule has 1 aliphatic carbocycles. The maximum atomic E-state index is 10.8. The third kappa shape index (κ3) is 3.00. The van der Waals surface area contributed by atoms with Crippen molar-refractivity contribution in [3.63, 3.8) is 0 Å². The van der Waals surface area contributed by atoms with Gasteiger partial charge in [0, 0.05) is 24.2 Å². The van der Waals surface area contributed by atoms with E-state index >= 15 is 0 Å². The maximum absolute atomic E-state index is 10.8. The molecule has 3 heterocycles. The van der Waals surface area contributed by atoms with Crippen molar-refractivity contribution in [1.82, 2.24) is 14.4 Å². The molecule has 2 aromatic rings. The Kier molecular flexibility index (Phi) is 3.87. The molecule has 1 aliphatic heterocycles. The van der Waals surface area contributed by atoms with Gasteiger partial charge in [0.1, 0.15) is 16.9 Å². The third-order valence-corrected chi connectivity index (χ3v) is 4.75. The van der Waals surface area contributed by atoms with Crippen molar-refractivity contribution >= 4 is 11.6 Å². The van der Waals surface area contributed by atoms with Crippen LogP contribution in [0.15, 0.2) is 30.4 Å². The van der Waals surface area contributed by atoms with Crippen LogP contribution >= 0.6 is 0 Å². The molecule has 6 N–H and O–H groups in total. The lowest BCUT2D eigenvalue weighted by atomic mass is 9.91. The van der Waals surface area contributed by atoms with E-state index in [1.165, 1.54) is 10.6 Å². The summed E-state index contributed by atoms with van der Waals surface area (Å²) in [5.41, 5.74) is 7.23. The maximum Gasteiger partial charge on any atom is 0.353 e. The highest BCUT2D eigenvalue weighted by molar-refractivity contribution is 5.85. The van der Waals surface area contributed by atoms with Crippen LogP contribution in [0.1, 0.15) is 35.6 Å². The number of aliphatic hydroxyl groups is 1. The summed E-state index contributed by atoms with van der Waals surface area (Å²) < 4.78 is 7.10. The second-order valence-electron chi connectivity index (χ2n) is 7.01. The van der Waals surface area contributed by atoms with Crippen LogP contribution in [-0.2, 0) is 21.7 Å². The normalized spacial score (nSPS) is 19.4. The van der Waals surface area contributed by atoms with Gasteiger partial charge in [-0.25, -0.2) is 15.6 Å². The number of carboxylic acid groups (broad SMARTS) is 1. The molecule has 4 rings (SSSR count). The summed E-state index contributed by atoms with van der Waals surface area (Å²) in [5, 5.41) is 20.8. The van der Waals surface area contributed by atoms with Gasteiger partial charge in [0.05, 0.1) is 25.5 Å². The van der Waals surface area contributed by atoms with E-state index in [2.05, 4.69) is 4.98 Å². The number of imidazole rings is 1. The monoisotopic (exact) mass is 359 g/mol. The highest BCUT2D eigenvalue weighted by atomic mass is 16.5. The lowest BCUT2D eigenvalue weighted by Gasteiger charge is -2.37. The molecule has 2 aromatic heterocycles. The van der Waals surface area contributed by atoms with Crippen molar-refractivity contribution in [1.29, 1.82) is 0 Å². The molecule has 138 valence electrons. The van der Waals surface area contributed by atoms with Gasteiger partial charge in [0.25, 0.3) is 0 Å². The summed E-state index contributed by atoms with van der Waals surface area (Å²) in [6.07, 6.45) is 7.31. The van der Waals surface area contributed by atoms with Crippen LogP contribution in [0.4, 0.5) is 0 Å². The summed E-state index contributed by atoms with van der Waals surface area (Å²) >= 11 is 0. The second-order valence-corrected chi connectivity index (χ2v) is 7.01. The van der Waals surface area contributed by atoms with Crippen molar-refractivity contribution in [2.24, 2.45) is 11.6 Å². The van der Waals surface area contributed by atoms with Gasteiger partial charge < -0.3 is 30.1 Å². The van der Waals surface area contributed by atoms with Gasteiger partial charge in [-0.1, -0.05) is 0 Å². The van der Waals surface area contributed by atoms with Crippen LogP contribution < -0.4 is 11.6 Å². The molecular formula is C17H21N5O4. The standard InChI is InChI=1S/C17H21N5O4/c18-14(16(23)24)7-22(19)6-12-5-21-4-11(10-1-2-10)3-13(15(21)20-12)17(25)8-26-9-17/h3-5,7,10,25H,1-2,6,8-9,18-19H2,(H,23,24)/b14-7-. The number of pyridine rings is 1. The van der Waals surface area contributed by atoms with Crippen molar-refractivity contribution in [3.05, 3.63) is 47.2 Å². The fraction of sp³-hybridized carbons (Fsp3) is 0.412. The minimum absolute atomic E-state index is 0.183. The Morgan fingerprint density at radius 1 is 1.46 bits per heavy atom. The van der Waals surface area contributed by atoms with Crippen molar-refractivity contribution in [2.75, 3.05) is 13.2 Å². The van der Waals surface area contributed by atoms with Gasteiger partial charge in [0.15, 0.2) is 0 Å². The molecule has 0 aromatic carbocycles. The van der Waals surface area contributed by atoms with Crippen LogP contribution in [0.3, 0.4) is 0 Å². The minimum Gasteiger partial charge on any atom is -0.477 e. The molecule has 2 aliphatic rings. The Morgan fingerprint density at radius 2 is 2.19 bits per heavy atom. The van der Waals surface area contributed by atoms with Gasteiger partial charge in [-0.2, -0.15) is 0 Å². The van der Waals surface area contributed by atoms with Gasteiger partial charge in [0.2, 0.25) is 0 Å². The number of aromatic nitrogens is 2. The summed E-state index contributed by atoms with van der Waals surface area (Å²) in [7, 11) is 0. The predicted octanol–water partition coefficient (Wildman–Crippen LogP) is -0.0101.